The molecule has 0 aliphatic heterocycles. The van der Waals surface area contributed by atoms with Gasteiger partial charge in [-0.3, -0.25) is 0 Å². The van der Waals surface area contributed by atoms with E-state index in [0.717, 1.165) is 6.07 Å². The van der Waals surface area contributed by atoms with Crippen molar-refractivity contribution in [2.75, 3.05) is 20.3 Å². The van der Waals surface area contributed by atoms with Gasteiger partial charge in [0.15, 0.2) is 0 Å². The van der Waals surface area contributed by atoms with Crippen LogP contribution in [0.15, 0.2) is 35.5 Å². The van der Waals surface area contributed by atoms with Gasteiger partial charge in [-0.15, -0.1) is 5.10 Å². The first-order valence-corrected chi connectivity index (χ1v) is 7.66. The van der Waals surface area contributed by atoms with Crippen molar-refractivity contribution in [1.29, 1.82) is 0 Å². The molecular formula is C12H14N4O5S. The lowest BCUT2D eigenvalue weighted by Gasteiger charge is -2.09. The zero-order valence-corrected chi connectivity index (χ0v) is 12.4. The van der Waals surface area contributed by atoms with E-state index in [4.69, 9.17) is 9.84 Å². The van der Waals surface area contributed by atoms with E-state index in [1.165, 1.54) is 36.3 Å². The van der Waals surface area contributed by atoms with E-state index in [-0.39, 0.29) is 29.3 Å². The van der Waals surface area contributed by atoms with Crippen molar-refractivity contribution in [3.05, 3.63) is 36.2 Å². The third-order valence-electron chi connectivity index (χ3n) is 2.73. The molecule has 1 aromatic heterocycles. The average Bonchev–Trinajstić information content (AvgIpc) is 3.01. The molecule has 0 atom stereocenters. The lowest BCUT2D eigenvalue weighted by molar-refractivity contribution is 0.0696. The van der Waals surface area contributed by atoms with E-state index in [0.29, 0.717) is 0 Å². The minimum Gasteiger partial charge on any atom is -0.478 e. The summed E-state index contributed by atoms with van der Waals surface area (Å²) >= 11 is 0. The molecule has 0 aliphatic rings. The number of rotatable bonds is 7. The number of carbonyl (C=O) groups is 1. The maximum absolute atomic E-state index is 12.2. The van der Waals surface area contributed by atoms with Gasteiger partial charge in [-0.05, 0) is 18.2 Å². The molecule has 2 N–H and O–H groups in total. The van der Waals surface area contributed by atoms with Crippen LogP contribution in [0.4, 0.5) is 0 Å². The second-order valence-corrected chi connectivity index (χ2v) is 6.03. The van der Waals surface area contributed by atoms with Gasteiger partial charge < -0.3 is 9.84 Å². The molecule has 0 fully saturated rings. The Kier molecular flexibility index (Phi) is 4.85. The smallest absolute Gasteiger partial charge is 0.335 e. The van der Waals surface area contributed by atoms with Crippen molar-refractivity contribution in [2.45, 2.75) is 4.90 Å². The van der Waals surface area contributed by atoms with E-state index in [1.807, 2.05) is 0 Å². The number of benzene rings is 1. The number of sulfonamides is 1. The summed E-state index contributed by atoms with van der Waals surface area (Å²) in [7, 11) is -2.41. The highest BCUT2D eigenvalue weighted by Gasteiger charge is 2.18. The van der Waals surface area contributed by atoms with Gasteiger partial charge in [0.2, 0.25) is 10.0 Å². The predicted molar refractivity (Wildman–Crippen MR) is 75.4 cm³/mol. The molecule has 0 amide bonds. The highest BCUT2D eigenvalue weighted by atomic mass is 32.2. The van der Waals surface area contributed by atoms with Crippen molar-refractivity contribution < 1.29 is 23.1 Å². The summed E-state index contributed by atoms with van der Waals surface area (Å²) in [5.74, 6) is -1.24. The molecule has 10 heteroatoms. The van der Waals surface area contributed by atoms with Crippen LogP contribution in [0.1, 0.15) is 10.4 Å². The molecule has 0 saturated carbocycles. The summed E-state index contributed by atoms with van der Waals surface area (Å²) in [6.45, 7) is 0.280. The minimum atomic E-state index is -3.86. The number of hydrogen-bond donors (Lipinski definition) is 2. The molecule has 22 heavy (non-hydrogen) atoms. The van der Waals surface area contributed by atoms with Crippen LogP contribution in [0.5, 0.6) is 0 Å². The summed E-state index contributed by atoms with van der Waals surface area (Å²) in [4.78, 5) is 11.0. The normalized spacial score (nSPS) is 11.5. The van der Waals surface area contributed by atoms with Crippen LogP contribution >= 0.6 is 0 Å². The fourth-order valence-corrected chi connectivity index (χ4v) is 2.78. The first-order valence-electron chi connectivity index (χ1n) is 6.18. The fraction of sp³-hybridized carbons (Fsp3) is 0.250. The zero-order valence-electron chi connectivity index (χ0n) is 11.6. The fourth-order valence-electron chi connectivity index (χ4n) is 1.70. The molecule has 0 bridgehead atoms. The molecule has 1 aromatic carbocycles. The van der Waals surface area contributed by atoms with Crippen molar-refractivity contribution >= 4 is 16.0 Å². The number of aromatic nitrogens is 3. The van der Waals surface area contributed by atoms with E-state index < -0.39 is 16.0 Å². The highest BCUT2D eigenvalue weighted by molar-refractivity contribution is 7.89. The van der Waals surface area contributed by atoms with Gasteiger partial charge in [-0.25, -0.2) is 22.6 Å². The Morgan fingerprint density at radius 3 is 2.77 bits per heavy atom. The van der Waals surface area contributed by atoms with Gasteiger partial charge in [0.05, 0.1) is 35.1 Å². The Balaban J connectivity index is 2.45. The number of carboxylic acids is 1. The maximum atomic E-state index is 12.2. The molecule has 0 aliphatic carbocycles. The summed E-state index contributed by atoms with van der Waals surface area (Å²) in [6.07, 6.45) is 2.88. The lowest BCUT2D eigenvalue weighted by Crippen LogP contribution is -2.27. The number of nitrogens with zero attached hydrogens (tertiary/aromatic N) is 3. The van der Waals surface area contributed by atoms with E-state index in [9.17, 15) is 13.2 Å². The van der Waals surface area contributed by atoms with E-state index >= 15 is 0 Å². The van der Waals surface area contributed by atoms with Crippen LogP contribution in [0.2, 0.25) is 0 Å². The number of hydrogen-bond acceptors (Lipinski definition) is 6. The second-order valence-electron chi connectivity index (χ2n) is 4.26. The summed E-state index contributed by atoms with van der Waals surface area (Å²) < 4.78 is 32.8. The van der Waals surface area contributed by atoms with Crippen LogP contribution in [-0.2, 0) is 14.8 Å². The molecule has 0 saturated heterocycles. The Morgan fingerprint density at radius 2 is 2.18 bits per heavy atom. The molecule has 2 aromatic rings. The van der Waals surface area contributed by atoms with Gasteiger partial charge in [0.25, 0.3) is 0 Å². The van der Waals surface area contributed by atoms with Crippen LogP contribution in [0.25, 0.3) is 5.69 Å². The third-order valence-corrected chi connectivity index (χ3v) is 4.17. The van der Waals surface area contributed by atoms with Gasteiger partial charge >= 0.3 is 5.97 Å². The number of ether oxygens (including phenoxy) is 1. The predicted octanol–water partition coefficient (Wildman–Crippen LogP) is -0.110. The average molecular weight is 326 g/mol. The Morgan fingerprint density at radius 1 is 1.41 bits per heavy atom. The van der Waals surface area contributed by atoms with Crippen molar-refractivity contribution in [2.24, 2.45) is 0 Å². The number of carboxylic acid groups (broad SMARTS) is 1. The number of aromatic carboxylic acids is 1. The van der Waals surface area contributed by atoms with Gasteiger partial charge in [0, 0.05) is 13.7 Å². The highest BCUT2D eigenvalue weighted by Crippen LogP contribution is 2.18. The van der Waals surface area contributed by atoms with Crippen LogP contribution in [0, 0.1) is 0 Å². The van der Waals surface area contributed by atoms with Crippen molar-refractivity contribution in [1.82, 2.24) is 19.7 Å². The first-order chi connectivity index (χ1) is 10.4. The molecule has 9 nitrogen and oxygen atoms in total. The van der Waals surface area contributed by atoms with Crippen LogP contribution < -0.4 is 4.72 Å². The van der Waals surface area contributed by atoms with Crippen molar-refractivity contribution in [3.8, 4) is 5.69 Å². The van der Waals surface area contributed by atoms with Gasteiger partial charge in [-0.1, -0.05) is 5.21 Å². The first kappa shape index (κ1) is 16.1. The van der Waals surface area contributed by atoms with Gasteiger partial charge in [0.1, 0.15) is 0 Å². The van der Waals surface area contributed by atoms with Crippen LogP contribution in [0.3, 0.4) is 0 Å². The number of methoxy groups -OCH3 is 1. The van der Waals surface area contributed by atoms with Gasteiger partial charge in [-0.2, -0.15) is 0 Å². The zero-order chi connectivity index (χ0) is 16.2. The summed E-state index contributed by atoms with van der Waals surface area (Å²) in [5.41, 5.74) is 0.115. The lowest BCUT2D eigenvalue weighted by atomic mass is 10.2. The van der Waals surface area contributed by atoms with E-state index in [2.05, 4.69) is 15.0 Å². The number of nitrogens with one attached hydrogen (secondary N) is 1. The molecule has 0 radical (unpaired) electrons. The topological polar surface area (TPSA) is 123 Å². The molecule has 118 valence electrons. The Labute approximate surface area is 126 Å². The standard InChI is InChI=1S/C12H14N4O5S/c1-21-5-3-14-22(19,20)11-7-9(12(17)18)6-10(8-11)16-4-2-13-15-16/h2,4,6-8,14H,3,5H2,1H3,(H,17,18). The largest absolute Gasteiger partial charge is 0.478 e. The Bertz CT molecular complexity index is 758. The molecule has 0 spiro atoms. The van der Waals surface area contributed by atoms with Crippen LogP contribution in [-0.4, -0.2) is 54.7 Å². The molecule has 2 rings (SSSR count). The second kappa shape index (κ2) is 6.64. The quantitative estimate of drug-likeness (QED) is 0.680. The SMILES string of the molecule is COCCNS(=O)(=O)c1cc(C(=O)O)cc(-n2ccnn2)c1. The van der Waals surface area contributed by atoms with Crippen molar-refractivity contribution in [3.63, 3.8) is 0 Å². The molecule has 0 unspecified atom stereocenters. The summed E-state index contributed by atoms with van der Waals surface area (Å²) in [6, 6.07) is 3.71. The monoisotopic (exact) mass is 326 g/mol. The minimum absolute atomic E-state index is 0.0782. The molecular weight excluding hydrogens is 312 g/mol. The maximum Gasteiger partial charge on any atom is 0.335 e. The van der Waals surface area contributed by atoms with E-state index in [1.54, 1.807) is 0 Å². The molecule has 1 heterocycles. The third kappa shape index (κ3) is 3.67. The summed E-state index contributed by atoms with van der Waals surface area (Å²) in [5, 5.41) is 16.5. The Hall–Kier alpha value is -2.30.